The number of hydrogen-bond acceptors (Lipinski definition) is 3. The monoisotopic (exact) mass is 370 g/mol. The van der Waals surface area contributed by atoms with E-state index in [0.717, 1.165) is 6.54 Å². The van der Waals surface area contributed by atoms with Gasteiger partial charge in [0.15, 0.2) is 0 Å². The van der Waals surface area contributed by atoms with E-state index in [-0.39, 0.29) is 0 Å². The topological polar surface area (TPSA) is 15.3 Å². The van der Waals surface area contributed by atoms with Crippen molar-refractivity contribution < 1.29 is 0 Å². The van der Waals surface area contributed by atoms with Crippen LogP contribution in [0, 0.1) is 0 Å². The zero-order valence-corrected chi connectivity index (χ0v) is 15.4. The molecule has 21 heavy (non-hydrogen) atoms. The van der Waals surface area contributed by atoms with Gasteiger partial charge in [0, 0.05) is 22.8 Å². The normalized spacial score (nSPS) is 18.4. The van der Waals surface area contributed by atoms with Crippen molar-refractivity contribution in [2.75, 3.05) is 37.7 Å². The molecule has 4 heteroatoms. The van der Waals surface area contributed by atoms with E-state index in [4.69, 9.17) is 0 Å². The Hall–Kier alpha value is -0.0300. The van der Waals surface area contributed by atoms with Gasteiger partial charge in [-0.2, -0.15) is 11.8 Å². The number of nitrogens with zero attached hydrogens (tertiary/aromatic N) is 1. The highest BCUT2D eigenvalue weighted by atomic mass is 79.9. The van der Waals surface area contributed by atoms with Crippen molar-refractivity contribution in [1.29, 1.82) is 0 Å². The van der Waals surface area contributed by atoms with Gasteiger partial charge in [-0.15, -0.1) is 0 Å². The van der Waals surface area contributed by atoms with Gasteiger partial charge in [-0.3, -0.25) is 0 Å². The number of benzene rings is 1. The van der Waals surface area contributed by atoms with E-state index in [0.29, 0.717) is 6.04 Å². The van der Waals surface area contributed by atoms with Gasteiger partial charge in [0.05, 0.1) is 0 Å². The molecule has 0 radical (unpaired) electrons. The fraction of sp³-hybridized carbons (Fsp3) is 0.647. The van der Waals surface area contributed by atoms with Gasteiger partial charge in [0.25, 0.3) is 0 Å². The van der Waals surface area contributed by atoms with Crippen LogP contribution in [0.25, 0.3) is 0 Å². The Bertz CT molecular complexity index is 406. The highest BCUT2D eigenvalue weighted by Gasteiger charge is 2.14. The molecule has 0 aromatic heterocycles. The molecule has 1 unspecified atom stereocenters. The summed E-state index contributed by atoms with van der Waals surface area (Å²) in [5.74, 6) is 2.63. The minimum Gasteiger partial charge on any atom is -0.310 e. The fourth-order valence-electron chi connectivity index (χ4n) is 2.76. The predicted octanol–water partition coefficient (Wildman–Crippen LogP) is 4.32. The molecule has 1 heterocycles. The second-order valence-electron chi connectivity index (χ2n) is 5.66. The van der Waals surface area contributed by atoms with E-state index in [2.05, 4.69) is 69.1 Å². The lowest BCUT2D eigenvalue weighted by Gasteiger charge is -2.24. The Morgan fingerprint density at radius 3 is 3.05 bits per heavy atom. The second-order valence-corrected chi connectivity index (χ2v) is 7.80. The fourth-order valence-corrected chi connectivity index (χ4v) is 4.10. The van der Waals surface area contributed by atoms with Crippen molar-refractivity contribution in [2.45, 2.75) is 32.2 Å². The summed E-state index contributed by atoms with van der Waals surface area (Å²) in [7, 11) is 0. The molecular weight excluding hydrogens is 344 g/mol. The highest BCUT2D eigenvalue weighted by Crippen LogP contribution is 2.22. The molecule has 1 atom stereocenters. The summed E-state index contributed by atoms with van der Waals surface area (Å²) in [6, 6.07) is 9.22. The van der Waals surface area contributed by atoms with Crippen LogP contribution >= 0.6 is 27.7 Å². The first-order chi connectivity index (χ1) is 10.3. The van der Waals surface area contributed by atoms with E-state index in [1.54, 1.807) is 0 Å². The van der Waals surface area contributed by atoms with Crippen molar-refractivity contribution in [3.8, 4) is 0 Å². The van der Waals surface area contributed by atoms with Gasteiger partial charge < -0.3 is 10.2 Å². The summed E-state index contributed by atoms with van der Waals surface area (Å²) >= 11 is 5.70. The molecule has 1 saturated heterocycles. The maximum atomic E-state index is 3.72. The zero-order chi connectivity index (χ0) is 14.9. The predicted molar refractivity (Wildman–Crippen MR) is 98.2 cm³/mol. The molecule has 0 saturated carbocycles. The number of thioether (sulfide) groups is 1. The van der Waals surface area contributed by atoms with Crippen LogP contribution in [0.1, 0.15) is 37.8 Å². The Labute approximate surface area is 142 Å². The van der Waals surface area contributed by atoms with Crippen LogP contribution in [0.5, 0.6) is 0 Å². The smallest absolute Gasteiger partial charge is 0.0332 e. The number of nitrogens with one attached hydrogen (secondary N) is 1. The maximum Gasteiger partial charge on any atom is 0.0332 e. The number of hydrogen-bond donors (Lipinski definition) is 1. The van der Waals surface area contributed by atoms with Crippen LogP contribution in [-0.4, -0.2) is 42.6 Å². The molecule has 1 aromatic rings. The van der Waals surface area contributed by atoms with Crippen LogP contribution in [0.3, 0.4) is 0 Å². The summed E-state index contributed by atoms with van der Waals surface area (Å²) in [5.41, 5.74) is 1.40. The van der Waals surface area contributed by atoms with Crippen molar-refractivity contribution in [1.82, 2.24) is 10.2 Å². The summed E-state index contributed by atoms with van der Waals surface area (Å²) < 4.78 is 1.18. The molecule has 1 aliphatic heterocycles. The maximum absolute atomic E-state index is 3.72. The minimum absolute atomic E-state index is 0.471. The third kappa shape index (κ3) is 6.31. The molecule has 2 nitrogen and oxygen atoms in total. The lowest BCUT2D eigenvalue weighted by atomic mass is 10.0. The first kappa shape index (κ1) is 17.3. The van der Waals surface area contributed by atoms with Gasteiger partial charge >= 0.3 is 0 Å². The lowest BCUT2D eigenvalue weighted by molar-refractivity contribution is 0.275. The first-order valence-electron chi connectivity index (χ1n) is 8.08. The van der Waals surface area contributed by atoms with Gasteiger partial charge in [0.1, 0.15) is 0 Å². The van der Waals surface area contributed by atoms with Crippen molar-refractivity contribution >= 4 is 27.7 Å². The third-order valence-electron chi connectivity index (χ3n) is 3.94. The molecule has 0 spiro atoms. The van der Waals surface area contributed by atoms with Gasteiger partial charge in [-0.05, 0) is 62.3 Å². The largest absolute Gasteiger partial charge is 0.310 e. The van der Waals surface area contributed by atoms with Crippen LogP contribution in [0.15, 0.2) is 28.7 Å². The van der Waals surface area contributed by atoms with Crippen LogP contribution < -0.4 is 5.32 Å². The molecule has 1 N–H and O–H groups in total. The van der Waals surface area contributed by atoms with E-state index in [9.17, 15) is 0 Å². The van der Waals surface area contributed by atoms with Gasteiger partial charge in [-0.25, -0.2) is 0 Å². The lowest BCUT2D eigenvalue weighted by Crippen LogP contribution is -2.31. The molecule has 0 bridgehead atoms. The molecule has 0 amide bonds. The Balaban J connectivity index is 1.92. The Kier molecular flexibility index (Phi) is 8.15. The molecule has 1 fully saturated rings. The quantitative estimate of drug-likeness (QED) is 0.769. The third-order valence-corrected chi connectivity index (χ3v) is 5.48. The highest BCUT2D eigenvalue weighted by molar-refractivity contribution is 9.10. The molecule has 1 aromatic carbocycles. The van der Waals surface area contributed by atoms with Crippen LogP contribution in [0.4, 0.5) is 0 Å². The molecule has 1 aliphatic rings. The van der Waals surface area contributed by atoms with Crippen molar-refractivity contribution in [3.05, 3.63) is 34.3 Å². The summed E-state index contributed by atoms with van der Waals surface area (Å²) in [6.07, 6.45) is 3.72. The molecule has 2 rings (SSSR count). The molecule has 0 aliphatic carbocycles. The van der Waals surface area contributed by atoms with E-state index in [1.807, 2.05) is 0 Å². The van der Waals surface area contributed by atoms with Crippen LogP contribution in [0.2, 0.25) is 0 Å². The zero-order valence-electron chi connectivity index (χ0n) is 13.0. The van der Waals surface area contributed by atoms with E-state index < -0.39 is 0 Å². The van der Waals surface area contributed by atoms with Gasteiger partial charge in [0.2, 0.25) is 0 Å². The standard InChI is InChI=1S/C17H27BrN2S/c1-2-8-19-17(15-5-3-6-16(18)14-15)7-10-20-9-4-12-21-13-11-20/h3,5-6,14,17,19H,2,4,7-13H2,1H3. The molecular formula is C17H27BrN2S. The SMILES string of the molecule is CCCNC(CCN1CCCSCC1)c1cccc(Br)c1. The second kappa shape index (κ2) is 9.88. The summed E-state index contributed by atoms with van der Waals surface area (Å²) in [6.45, 7) is 7.05. The molecule has 118 valence electrons. The Morgan fingerprint density at radius 2 is 2.24 bits per heavy atom. The summed E-state index contributed by atoms with van der Waals surface area (Å²) in [5, 5.41) is 3.72. The average molecular weight is 371 g/mol. The number of halogens is 1. The Morgan fingerprint density at radius 1 is 1.33 bits per heavy atom. The van der Waals surface area contributed by atoms with E-state index in [1.165, 1.54) is 60.4 Å². The average Bonchev–Trinajstić information content (AvgIpc) is 2.76. The van der Waals surface area contributed by atoms with Crippen molar-refractivity contribution in [2.24, 2.45) is 0 Å². The van der Waals surface area contributed by atoms with Crippen LogP contribution in [-0.2, 0) is 0 Å². The minimum atomic E-state index is 0.471. The van der Waals surface area contributed by atoms with Gasteiger partial charge in [-0.1, -0.05) is 35.0 Å². The van der Waals surface area contributed by atoms with E-state index >= 15 is 0 Å². The summed E-state index contributed by atoms with van der Waals surface area (Å²) in [4.78, 5) is 2.64. The van der Waals surface area contributed by atoms with Crippen molar-refractivity contribution in [3.63, 3.8) is 0 Å². The first-order valence-corrected chi connectivity index (χ1v) is 10.0. The number of rotatable bonds is 7.